The SMILES string of the molecule is CCCc1nc(NCC)c(C)c(NCC(=O)NC)n1. The van der Waals surface area contributed by atoms with Crippen molar-refractivity contribution < 1.29 is 4.79 Å². The number of nitrogens with one attached hydrogen (secondary N) is 3. The number of hydrogen-bond donors (Lipinski definition) is 3. The molecule has 1 rings (SSSR count). The topological polar surface area (TPSA) is 78.9 Å². The van der Waals surface area contributed by atoms with E-state index in [0.717, 1.165) is 42.4 Å². The third kappa shape index (κ3) is 4.39. The van der Waals surface area contributed by atoms with Crippen LogP contribution >= 0.6 is 0 Å². The lowest BCUT2D eigenvalue weighted by molar-refractivity contribution is -0.118. The summed E-state index contributed by atoms with van der Waals surface area (Å²) in [5.74, 6) is 2.28. The van der Waals surface area contributed by atoms with E-state index in [2.05, 4.69) is 32.8 Å². The van der Waals surface area contributed by atoms with E-state index in [0.29, 0.717) is 0 Å². The van der Waals surface area contributed by atoms with E-state index in [1.807, 2.05) is 13.8 Å². The zero-order valence-corrected chi connectivity index (χ0v) is 12.1. The highest BCUT2D eigenvalue weighted by molar-refractivity contribution is 5.80. The zero-order valence-electron chi connectivity index (χ0n) is 12.1. The van der Waals surface area contributed by atoms with Gasteiger partial charge in [0.25, 0.3) is 0 Å². The summed E-state index contributed by atoms with van der Waals surface area (Å²) in [5.41, 5.74) is 0.936. The van der Waals surface area contributed by atoms with Gasteiger partial charge in [-0.05, 0) is 20.3 Å². The second kappa shape index (κ2) is 7.56. The Labute approximate surface area is 114 Å². The Balaban J connectivity index is 2.95. The predicted octanol–water partition coefficient (Wildman–Crippen LogP) is 1.33. The normalized spacial score (nSPS) is 10.1. The van der Waals surface area contributed by atoms with Crippen molar-refractivity contribution in [2.45, 2.75) is 33.6 Å². The molecular weight excluding hydrogens is 242 g/mol. The van der Waals surface area contributed by atoms with Crippen LogP contribution in [-0.4, -0.2) is 36.0 Å². The Kier molecular flexibility index (Phi) is 6.05. The molecule has 19 heavy (non-hydrogen) atoms. The molecule has 1 aromatic heterocycles. The summed E-state index contributed by atoms with van der Waals surface area (Å²) in [7, 11) is 1.61. The molecule has 0 fully saturated rings. The summed E-state index contributed by atoms with van der Waals surface area (Å²) in [5, 5.41) is 8.86. The lowest BCUT2D eigenvalue weighted by Crippen LogP contribution is -2.27. The summed E-state index contributed by atoms with van der Waals surface area (Å²) in [6.45, 7) is 7.08. The Morgan fingerprint density at radius 3 is 2.32 bits per heavy atom. The van der Waals surface area contributed by atoms with Crippen LogP contribution < -0.4 is 16.0 Å². The number of aromatic nitrogens is 2. The van der Waals surface area contributed by atoms with Crippen LogP contribution in [0.2, 0.25) is 0 Å². The average Bonchev–Trinajstić information content (AvgIpc) is 2.40. The summed E-state index contributed by atoms with van der Waals surface area (Å²) in [6.07, 6.45) is 1.82. The van der Waals surface area contributed by atoms with Gasteiger partial charge in [0.05, 0.1) is 6.54 Å². The molecule has 0 saturated heterocycles. The van der Waals surface area contributed by atoms with Crippen molar-refractivity contribution in [3.05, 3.63) is 11.4 Å². The van der Waals surface area contributed by atoms with Crippen molar-refractivity contribution in [2.24, 2.45) is 0 Å². The van der Waals surface area contributed by atoms with Gasteiger partial charge in [-0.25, -0.2) is 9.97 Å². The van der Waals surface area contributed by atoms with E-state index in [-0.39, 0.29) is 12.5 Å². The molecule has 1 heterocycles. The summed E-state index contributed by atoms with van der Waals surface area (Å²) in [4.78, 5) is 20.3. The molecule has 6 heteroatoms. The van der Waals surface area contributed by atoms with Gasteiger partial charge in [0.1, 0.15) is 17.5 Å². The summed E-state index contributed by atoms with van der Waals surface area (Å²) < 4.78 is 0. The number of rotatable bonds is 7. The molecule has 0 aromatic carbocycles. The Morgan fingerprint density at radius 1 is 1.16 bits per heavy atom. The van der Waals surface area contributed by atoms with Crippen LogP contribution in [0.1, 0.15) is 31.7 Å². The molecule has 3 N–H and O–H groups in total. The zero-order chi connectivity index (χ0) is 14.3. The molecule has 0 spiro atoms. The molecule has 0 atom stereocenters. The first-order valence-electron chi connectivity index (χ1n) is 6.68. The fourth-order valence-electron chi connectivity index (χ4n) is 1.66. The summed E-state index contributed by atoms with van der Waals surface area (Å²) >= 11 is 0. The minimum atomic E-state index is -0.0694. The number of anilines is 2. The van der Waals surface area contributed by atoms with Crippen molar-refractivity contribution in [1.29, 1.82) is 0 Å². The number of hydrogen-bond acceptors (Lipinski definition) is 5. The van der Waals surface area contributed by atoms with Crippen LogP contribution in [0.3, 0.4) is 0 Å². The fraction of sp³-hybridized carbons (Fsp3) is 0.615. The second-order valence-corrected chi connectivity index (χ2v) is 4.27. The maximum Gasteiger partial charge on any atom is 0.239 e. The minimum Gasteiger partial charge on any atom is -0.370 e. The van der Waals surface area contributed by atoms with Gasteiger partial charge < -0.3 is 16.0 Å². The quantitative estimate of drug-likeness (QED) is 0.693. The van der Waals surface area contributed by atoms with Crippen molar-refractivity contribution in [3.8, 4) is 0 Å². The lowest BCUT2D eigenvalue weighted by atomic mass is 10.2. The first kappa shape index (κ1) is 15.2. The molecular formula is C13H23N5O. The van der Waals surface area contributed by atoms with Gasteiger partial charge in [-0.3, -0.25) is 4.79 Å². The van der Waals surface area contributed by atoms with Crippen molar-refractivity contribution >= 4 is 17.5 Å². The van der Waals surface area contributed by atoms with Crippen molar-refractivity contribution in [1.82, 2.24) is 15.3 Å². The molecule has 6 nitrogen and oxygen atoms in total. The standard InChI is InChI=1S/C13H23N5O/c1-5-7-10-17-12(15-6-2)9(3)13(18-10)16-8-11(19)14-4/h5-8H2,1-4H3,(H,14,19)(H2,15,16,17,18). The Bertz CT molecular complexity index is 433. The van der Waals surface area contributed by atoms with E-state index in [1.54, 1.807) is 7.05 Å². The van der Waals surface area contributed by atoms with Gasteiger partial charge in [-0.15, -0.1) is 0 Å². The molecule has 1 aromatic rings. The maximum atomic E-state index is 11.3. The van der Waals surface area contributed by atoms with Gasteiger partial charge in [0, 0.05) is 25.6 Å². The van der Waals surface area contributed by atoms with Gasteiger partial charge in [0.15, 0.2) is 0 Å². The molecule has 0 unspecified atom stereocenters. The number of carbonyl (C=O) groups excluding carboxylic acids is 1. The smallest absolute Gasteiger partial charge is 0.239 e. The van der Waals surface area contributed by atoms with Gasteiger partial charge >= 0.3 is 0 Å². The lowest BCUT2D eigenvalue weighted by Gasteiger charge is -2.14. The number of likely N-dealkylation sites (N-methyl/N-ethyl adjacent to an activating group) is 1. The number of amides is 1. The first-order valence-corrected chi connectivity index (χ1v) is 6.68. The van der Waals surface area contributed by atoms with E-state index >= 15 is 0 Å². The Hall–Kier alpha value is -1.85. The largest absolute Gasteiger partial charge is 0.370 e. The van der Waals surface area contributed by atoms with E-state index in [1.165, 1.54) is 0 Å². The molecule has 106 valence electrons. The van der Waals surface area contributed by atoms with Crippen LogP contribution in [0.25, 0.3) is 0 Å². The summed E-state index contributed by atoms with van der Waals surface area (Å²) in [6, 6.07) is 0. The van der Waals surface area contributed by atoms with Crippen molar-refractivity contribution in [2.75, 3.05) is 30.8 Å². The van der Waals surface area contributed by atoms with E-state index in [4.69, 9.17) is 0 Å². The third-order valence-corrected chi connectivity index (χ3v) is 2.71. The van der Waals surface area contributed by atoms with Crippen LogP contribution in [0.5, 0.6) is 0 Å². The van der Waals surface area contributed by atoms with Gasteiger partial charge in [0.2, 0.25) is 5.91 Å². The number of aryl methyl sites for hydroxylation is 1. The first-order chi connectivity index (χ1) is 9.12. The monoisotopic (exact) mass is 265 g/mol. The predicted molar refractivity (Wildman–Crippen MR) is 77.5 cm³/mol. The van der Waals surface area contributed by atoms with Gasteiger partial charge in [-0.2, -0.15) is 0 Å². The molecule has 0 saturated carbocycles. The molecule has 0 bridgehead atoms. The average molecular weight is 265 g/mol. The fourth-order valence-corrected chi connectivity index (χ4v) is 1.66. The van der Waals surface area contributed by atoms with Crippen LogP contribution in [-0.2, 0) is 11.2 Å². The molecule has 0 radical (unpaired) electrons. The minimum absolute atomic E-state index is 0.0694. The number of carbonyl (C=O) groups is 1. The number of nitrogens with zero attached hydrogens (tertiary/aromatic N) is 2. The van der Waals surface area contributed by atoms with Crippen LogP contribution in [0.15, 0.2) is 0 Å². The second-order valence-electron chi connectivity index (χ2n) is 4.27. The molecule has 0 aliphatic carbocycles. The highest BCUT2D eigenvalue weighted by Gasteiger charge is 2.10. The van der Waals surface area contributed by atoms with E-state index in [9.17, 15) is 4.79 Å². The van der Waals surface area contributed by atoms with Crippen LogP contribution in [0, 0.1) is 6.92 Å². The van der Waals surface area contributed by atoms with Crippen LogP contribution in [0.4, 0.5) is 11.6 Å². The van der Waals surface area contributed by atoms with Crippen molar-refractivity contribution in [3.63, 3.8) is 0 Å². The third-order valence-electron chi connectivity index (χ3n) is 2.71. The molecule has 0 aliphatic rings. The van der Waals surface area contributed by atoms with Gasteiger partial charge in [-0.1, -0.05) is 6.92 Å². The molecule has 1 amide bonds. The molecule has 0 aliphatic heterocycles. The van der Waals surface area contributed by atoms with E-state index < -0.39 is 0 Å². The highest BCUT2D eigenvalue weighted by atomic mass is 16.1. The highest BCUT2D eigenvalue weighted by Crippen LogP contribution is 2.20. The maximum absolute atomic E-state index is 11.3. The Morgan fingerprint density at radius 2 is 1.79 bits per heavy atom.